The van der Waals surface area contributed by atoms with Gasteiger partial charge in [-0.3, -0.25) is 0 Å². The lowest BCUT2D eigenvalue weighted by molar-refractivity contribution is 0.411. The molecule has 6 heteroatoms. The first-order valence-corrected chi connectivity index (χ1v) is 5.24. The second-order valence-electron chi connectivity index (χ2n) is 3.59. The van der Waals surface area contributed by atoms with Gasteiger partial charge in [0.15, 0.2) is 11.6 Å². The van der Waals surface area contributed by atoms with Crippen LogP contribution < -0.4 is 20.9 Å². The van der Waals surface area contributed by atoms with Gasteiger partial charge in [0.1, 0.15) is 6.33 Å². The summed E-state index contributed by atoms with van der Waals surface area (Å²) in [5.74, 6) is 7.15. The smallest absolute Gasteiger partial charge is 0.205 e. The van der Waals surface area contributed by atoms with E-state index in [2.05, 4.69) is 29.2 Å². The molecule has 90 valence electrons. The highest BCUT2D eigenvalue weighted by Gasteiger charge is 2.17. The van der Waals surface area contributed by atoms with Crippen molar-refractivity contribution in [2.45, 2.75) is 26.3 Å². The summed E-state index contributed by atoms with van der Waals surface area (Å²) >= 11 is 0. The number of hydrogen-bond acceptors (Lipinski definition) is 6. The van der Waals surface area contributed by atoms with Gasteiger partial charge in [0.05, 0.1) is 7.11 Å². The molecule has 1 heterocycles. The second-order valence-corrected chi connectivity index (χ2v) is 3.59. The van der Waals surface area contributed by atoms with E-state index in [-0.39, 0.29) is 0 Å². The minimum atomic E-state index is 0.370. The number of nitrogens with two attached hydrogens (primary N) is 1. The molecule has 0 aliphatic rings. The van der Waals surface area contributed by atoms with Gasteiger partial charge in [0.2, 0.25) is 5.75 Å². The molecule has 0 amide bonds. The Labute approximate surface area is 95.8 Å². The number of hydrogen-bond donors (Lipinski definition) is 2. The predicted octanol–water partition coefficient (Wildman–Crippen LogP) is 1.01. The Balaban J connectivity index is 3.12. The molecule has 0 saturated heterocycles. The third-order valence-electron chi connectivity index (χ3n) is 2.71. The number of nitrogens with one attached hydrogen (secondary N) is 1. The number of ether oxygens (including phenoxy) is 1. The van der Waals surface area contributed by atoms with Crippen LogP contribution >= 0.6 is 0 Å². The number of rotatable bonds is 5. The third-order valence-corrected chi connectivity index (χ3v) is 2.71. The van der Waals surface area contributed by atoms with Gasteiger partial charge in [-0.05, 0) is 13.3 Å². The van der Waals surface area contributed by atoms with Crippen molar-refractivity contribution in [3.63, 3.8) is 0 Å². The van der Waals surface area contributed by atoms with Crippen LogP contribution in [-0.2, 0) is 0 Å². The van der Waals surface area contributed by atoms with Crippen molar-refractivity contribution in [2.24, 2.45) is 5.84 Å². The van der Waals surface area contributed by atoms with E-state index in [1.807, 2.05) is 11.9 Å². The van der Waals surface area contributed by atoms with Gasteiger partial charge in [-0.25, -0.2) is 15.8 Å². The maximum absolute atomic E-state index is 5.37. The van der Waals surface area contributed by atoms with Crippen molar-refractivity contribution in [3.8, 4) is 5.75 Å². The van der Waals surface area contributed by atoms with Crippen LogP contribution in [0.5, 0.6) is 5.75 Å². The zero-order valence-electron chi connectivity index (χ0n) is 10.2. The van der Waals surface area contributed by atoms with E-state index in [1.165, 1.54) is 6.33 Å². The van der Waals surface area contributed by atoms with Crippen LogP contribution in [0.4, 0.5) is 11.6 Å². The lowest BCUT2D eigenvalue weighted by Gasteiger charge is -2.26. The fourth-order valence-electron chi connectivity index (χ4n) is 1.39. The molecule has 0 spiro atoms. The van der Waals surface area contributed by atoms with Crippen molar-refractivity contribution in [1.82, 2.24) is 9.97 Å². The van der Waals surface area contributed by atoms with Crippen molar-refractivity contribution >= 4 is 11.6 Å². The summed E-state index contributed by atoms with van der Waals surface area (Å²) < 4.78 is 5.27. The Morgan fingerprint density at radius 1 is 1.56 bits per heavy atom. The number of aromatic nitrogens is 2. The van der Waals surface area contributed by atoms with Crippen molar-refractivity contribution in [3.05, 3.63) is 6.33 Å². The van der Waals surface area contributed by atoms with Gasteiger partial charge in [-0.1, -0.05) is 6.92 Å². The number of anilines is 2. The molecule has 0 aromatic carbocycles. The second kappa shape index (κ2) is 5.50. The molecule has 0 aliphatic heterocycles. The first-order chi connectivity index (χ1) is 7.65. The molecule has 1 aromatic rings. The van der Waals surface area contributed by atoms with Crippen LogP contribution in [0.3, 0.4) is 0 Å². The number of methoxy groups -OCH3 is 1. The normalized spacial score (nSPS) is 12.1. The van der Waals surface area contributed by atoms with E-state index in [0.717, 1.165) is 12.2 Å². The summed E-state index contributed by atoms with van der Waals surface area (Å²) in [7, 11) is 3.55. The Kier molecular flexibility index (Phi) is 4.30. The van der Waals surface area contributed by atoms with Crippen LogP contribution in [0.15, 0.2) is 6.33 Å². The van der Waals surface area contributed by atoms with E-state index < -0.39 is 0 Å². The zero-order chi connectivity index (χ0) is 12.1. The molecule has 6 nitrogen and oxygen atoms in total. The average molecular weight is 225 g/mol. The summed E-state index contributed by atoms with van der Waals surface area (Å²) in [6, 6.07) is 0.370. The molecule has 1 atom stereocenters. The van der Waals surface area contributed by atoms with Gasteiger partial charge in [-0.15, -0.1) is 0 Å². The van der Waals surface area contributed by atoms with E-state index in [9.17, 15) is 0 Å². The highest BCUT2D eigenvalue weighted by Crippen LogP contribution is 2.31. The van der Waals surface area contributed by atoms with E-state index >= 15 is 0 Å². The van der Waals surface area contributed by atoms with Gasteiger partial charge in [0, 0.05) is 13.1 Å². The van der Waals surface area contributed by atoms with Crippen LogP contribution in [0, 0.1) is 0 Å². The Bertz CT molecular complexity index is 344. The highest BCUT2D eigenvalue weighted by molar-refractivity contribution is 5.64. The summed E-state index contributed by atoms with van der Waals surface area (Å²) in [4.78, 5) is 10.3. The lowest BCUT2D eigenvalue weighted by atomic mass is 10.2. The number of nitrogens with zero attached hydrogens (tertiary/aromatic N) is 3. The molecule has 0 aliphatic carbocycles. The molecule has 0 radical (unpaired) electrons. The molecule has 16 heavy (non-hydrogen) atoms. The van der Waals surface area contributed by atoms with Crippen LogP contribution in [-0.4, -0.2) is 30.2 Å². The van der Waals surface area contributed by atoms with Crippen molar-refractivity contribution in [2.75, 3.05) is 24.5 Å². The van der Waals surface area contributed by atoms with Crippen molar-refractivity contribution < 1.29 is 4.74 Å². The largest absolute Gasteiger partial charge is 0.490 e. The van der Waals surface area contributed by atoms with Crippen molar-refractivity contribution in [1.29, 1.82) is 0 Å². The third kappa shape index (κ3) is 2.33. The first-order valence-electron chi connectivity index (χ1n) is 5.24. The molecule has 1 aromatic heterocycles. The monoisotopic (exact) mass is 225 g/mol. The van der Waals surface area contributed by atoms with E-state index in [0.29, 0.717) is 17.6 Å². The van der Waals surface area contributed by atoms with E-state index in [1.54, 1.807) is 7.11 Å². The van der Waals surface area contributed by atoms with Gasteiger partial charge >= 0.3 is 0 Å². The zero-order valence-corrected chi connectivity index (χ0v) is 10.2. The Hall–Kier alpha value is -1.56. The molecular formula is C10H19N5O. The van der Waals surface area contributed by atoms with Gasteiger partial charge in [-0.2, -0.15) is 0 Å². The molecule has 0 fully saturated rings. The van der Waals surface area contributed by atoms with E-state index in [4.69, 9.17) is 10.6 Å². The molecule has 3 N–H and O–H groups in total. The Morgan fingerprint density at radius 2 is 2.25 bits per heavy atom. The lowest BCUT2D eigenvalue weighted by Crippen LogP contribution is -2.29. The summed E-state index contributed by atoms with van der Waals surface area (Å²) in [6.07, 6.45) is 2.49. The fraction of sp³-hybridized carbons (Fsp3) is 0.600. The predicted molar refractivity (Wildman–Crippen MR) is 64.6 cm³/mol. The van der Waals surface area contributed by atoms with Crippen LogP contribution in [0.1, 0.15) is 20.3 Å². The number of hydrazine groups is 1. The highest BCUT2D eigenvalue weighted by atomic mass is 16.5. The molecule has 1 rings (SSSR count). The summed E-state index contributed by atoms with van der Waals surface area (Å²) in [5, 5.41) is 0. The minimum Gasteiger partial charge on any atom is -0.490 e. The molecule has 0 bridgehead atoms. The average Bonchev–Trinajstić information content (AvgIpc) is 2.35. The van der Waals surface area contributed by atoms with Gasteiger partial charge in [0.25, 0.3) is 0 Å². The SMILES string of the molecule is CCC(C)N(C)c1ncnc(NN)c1OC. The van der Waals surface area contributed by atoms with Crippen LogP contribution in [0.2, 0.25) is 0 Å². The topological polar surface area (TPSA) is 76.3 Å². The molecular weight excluding hydrogens is 206 g/mol. The Morgan fingerprint density at radius 3 is 2.75 bits per heavy atom. The molecule has 1 unspecified atom stereocenters. The van der Waals surface area contributed by atoms with Gasteiger partial charge < -0.3 is 15.1 Å². The fourth-order valence-corrected chi connectivity index (χ4v) is 1.39. The quantitative estimate of drug-likeness (QED) is 0.575. The standard InChI is InChI=1S/C10H19N5O/c1-5-7(2)15(3)10-8(16-4)9(14-11)12-6-13-10/h6-7H,5,11H2,1-4H3,(H,12,13,14). The van der Waals surface area contributed by atoms with Crippen LogP contribution in [0.25, 0.3) is 0 Å². The summed E-state index contributed by atoms with van der Waals surface area (Å²) in [5.41, 5.74) is 2.50. The maximum Gasteiger partial charge on any atom is 0.205 e. The maximum atomic E-state index is 5.37. The summed E-state index contributed by atoms with van der Waals surface area (Å²) in [6.45, 7) is 4.24. The first kappa shape index (κ1) is 12.5. The minimum absolute atomic E-state index is 0.370. The number of nitrogen functional groups attached to an aromatic ring is 1. The molecule has 0 saturated carbocycles.